The molecule has 2 rings (SSSR count). The van der Waals surface area contributed by atoms with Gasteiger partial charge in [-0.15, -0.1) is 0 Å². The lowest BCUT2D eigenvalue weighted by atomic mass is 10.1. The second-order valence-corrected chi connectivity index (χ2v) is 3.73. The van der Waals surface area contributed by atoms with Gasteiger partial charge in [0, 0.05) is 0 Å². The molecule has 82 valence electrons. The number of nitrogens with two attached hydrogens (primary N) is 1. The van der Waals surface area contributed by atoms with Gasteiger partial charge in [0.25, 0.3) is 0 Å². The first-order valence-corrected chi connectivity index (χ1v) is 4.59. The molecular formula is C10H9F4N. The molecule has 1 aliphatic carbocycles. The number of rotatable bonds is 2. The van der Waals surface area contributed by atoms with Crippen LogP contribution in [0.15, 0.2) is 6.07 Å². The maximum absolute atomic E-state index is 13.2. The summed E-state index contributed by atoms with van der Waals surface area (Å²) in [6.45, 7) is 0.338. The minimum atomic E-state index is -1.76. The van der Waals surface area contributed by atoms with Crippen LogP contribution in [0.5, 0.6) is 0 Å². The SMILES string of the molecule is NC[C@@H]1C[C@H]1c1cc(F)c(F)c(F)c1F. The van der Waals surface area contributed by atoms with E-state index >= 15 is 0 Å². The summed E-state index contributed by atoms with van der Waals surface area (Å²) in [4.78, 5) is 0. The smallest absolute Gasteiger partial charge is 0.197 e. The Morgan fingerprint density at radius 3 is 2.33 bits per heavy atom. The molecule has 1 nitrogen and oxygen atoms in total. The predicted molar refractivity (Wildman–Crippen MR) is 46.2 cm³/mol. The summed E-state index contributed by atoms with van der Waals surface area (Å²) in [6, 6.07) is 0.716. The molecule has 1 aromatic carbocycles. The summed E-state index contributed by atoms with van der Waals surface area (Å²) in [5.74, 6) is -6.39. The van der Waals surface area contributed by atoms with E-state index in [0.717, 1.165) is 0 Å². The van der Waals surface area contributed by atoms with Crippen molar-refractivity contribution in [2.45, 2.75) is 12.3 Å². The second-order valence-electron chi connectivity index (χ2n) is 3.73. The Bertz CT molecular complexity index is 405. The molecule has 1 aliphatic rings. The molecule has 0 aromatic heterocycles. The molecule has 2 atom stereocenters. The van der Waals surface area contributed by atoms with Gasteiger partial charge >= 0.3 is 0 Å². The third kappa shape index (κ3) is 1.61. The van der Waals surface area contributed by atoms with Gasteiger partial charge in [0.15, 0.2) is 23.3 Å². The fourth-order valence-electron chi connectivity index (χ4n) is 1.75. The molecule has 1 saturated carbocycles. The molecule has 2 N–H and O–H groups in total. The van der Waals surface area contributed by atoms with E-state index in [-0.39, 0.29) is 17.4 Å². The van der Waals surface area contributed by atoms with Crippen molar-refractivity contribution >= 4 is 0 Å². The van der Waals surface area contributed by atoms with Gasteiger partial charge in [-0.25, -0.2) is 17.6 Å². The first-order chi connectivity index (χ1) is 7.06. The van der Waals surface area contributed by atoms with Gasteiger partial charge < -0.3 is 5.73 Å². The van der Waals surface area contributed by atoms with Crippen LogP contribution in [0.1, 0.15) is 17.9 Å². The Hall–Kier alpha value is -1.10. The minimum Gasteiger partial charge on any atom is -0.330 e. The standard InChI is InChI=1S/C10H9F4N/c11-7-2-6(5-1-4(5)3-15)8(12)10(14)9(7)13/h2,4-5H,1,3,15H2/t4-,5+/m0/s1. The fourth-order valence-corrected chi connectivity index (χ4v) is 1.75. The molecule has 15 heavy (non-hydrogen) atoms. The van der Waals surface area contributed by atoms with Gasteiger partial charge in [-0.05, 0) is 36.4 Å². The Morgan fingerprint density at radius 1 is 1.13 bits per heavy atom. The largest absolute Gasteiger partial charge is 0.330 e. The summed E-state index contributed by atoms with van der Waals surface area (Å²) in [5.41, 5.74) is 5.22. The molecule has 0 bridgehead atoms. The van der Waals surface area contributed by atoms with Crippen LogP contribution in [-0.2, 0) is 0 Å². The monoisotopic (exact) mass is 219 g/mol. The van der Waals surface area contributed by atoms with Crippen molar-refractivity contribution < 1.29 is 17.6 Å². The summed E-state index contributed by atoms with van der Waals surface area (Å²) in [5, 5.41) is 0. The quantitative estimate of drug-likeness (QED) is 0.461. The first kappa shape index (κ1) is 10.4. The third-order valence-electron chi connectivity index (χ3n) is 2.76. The highest BCUT2D eigenvalue weighted by atomic mass is 19.2. The number of hydrogen-bond donors (Lipinski definition) is 1. The second kappa shape index (κ2) is 3.48. The van der Waals surface area contributed by atoms with Crippen molar-refractivity contribution in [2.24, 2.45) is 11.7 Å². The molecule has 0 amide bonds. The number of benzene rings is 1. The summed E-state index contributed by atoms with van der Waals surface area (Å²) < 4.78 is 51.5. The van der Waals surface area contributed by atoms with Crippen LogP contribution in [-0.4, -0.2) is 6.54 Å². The molecule has 1 aromatic rings. The summed E-state index contributed by atoms with van der Waals surface area (Å²) in [6.07, 6.45) is 0.595. The van der Waals surface area contributed by atoms with Crippen LogP contribution in [0.2, 0.25) is 0 Å². The van der Waals surface area contributed by atoms with Crippen LogP contribution in [0.3, 0.4) is 0 Å². The van der Waals surface area contributed by atoms with Crippen LogP contribution in [0.25, 0.3) is 0 Å². The van der Waals surface area contributed by atoms with Crippen LogP contribution >= 0.6 is 0 Å². The molecule has 5 heteroatoms. The normalized spacial score (nSPS) is 24.3. The van der Waals surface area contributed by atoms with Crippen LogP contribution in [0.4, 0.5) is 17.6 Å². The summed E-state index contributed by atoms with van der Waals surface area (Å²) in [7, 11) is 0. The minimum absolute atomic E-state index is 0.0451. The zero-order valence-corrected chi connectivity index (χ0v) is 7.74. The van der Waals surface area contributed by atoms with Crippen molar-refractivity contribution in [1.29, 1.82) is 0 Å². The Balaban J connectivity index is 2.41. The van der Waals surface area contributed by atoms with Crippen molar-refractivity contribution in [3.63, 3.8) is 0 Å². The maximum Gasteiger partial charge on any atom is 0.197 e. The zero-order chi connectivity index (χ0) is 11.2. The van der Waals surface area contributed by atoms with Gasteiger partial charge in [-0.3, -0.25) is 0 Å². The van der Waals surface area contributed by atoms with Crippen molar-refractivity contribution in [2.75, 3.05) is 6.54 Å². The van der Waals surface area contributed by atoms with E-state index in [1.165, 1.54) is 0 Å². The van der Waals surface area contributed by atoms with E-state index in [0.29, 0.717) is 19.0 Å². The zero-order valence-electron chi connectivity index (χ0n) is 7.74. The Labute approximate surface area is 83.9 Å². The lowest BCUT2D eigenvalue weighted by Crippen LogP contribution is -2.05. The van der Waals surface area contributed by atoms with E-state index in [4.69, 9.17) is 5.73 Å². The maximum atomic E-state index is 13.2. The number of hydrogen-bond acceptors (Lipinski definition) is 1. The Kier molecular flexibility index (Phi) is 2.42. The van der Waals surface area contributed by atoms with Crippen molar-refractivity contribution in [1.82, 2.24) is 0 Å². The van der Waals surface area contributed by atoms with Crippen LogP contribution in [0, 0.1) is 29.2 Å². The highest BCUT2D eigenvalue weighted by Gasteiger charge is 2.40. The molecule has 0 heterocycles. The van der Waals surface area contributed by atoms with Gasteiger partial charge in [0.2, 0.25) is 0 Å². The molecule has 0 saturated heterocycles. The predicted octanol–water partition coefficient (Wildman–Crippen LogP) is 2.31. The Morgan fingerprint density at radius 2 is 1.80 bits per heavy atom. The van der Waals surface area contributed by atoms with Gasteiger partial charge in [0.1, 0.15) is 0 Å². The van der Waals surface area contributed by atoms with E-state index < -0.39 is 23.3 Å². The highest BCUT2D eigenvalue weighted by molar-refractivity contribution is 5.30. The van der Waals surface area contributed by atoms with Crippen molar-refractivity contribution in [3.8, 4) is 0 Å². The molecule has 0 unspecified atom stereocenters. The van der Waals surface area contributed by atoms with E-state index in [2.05, 4.69) is 0 Å². The third-order valence-corrected chi connectivity index (χ3v) is 2.76. The lowest BCUT2D eigenvalue weighted by molar-refractivity contribution is 0.403. The van der Waals surface area contributed by atoms with E-state index in [1.807, 2.05) is 0 Å². The fraction of sp³-hybridized carbons (Fsp3) is 0.400. The average Bonchev–Trinajstić information content (AvgIpc) is 2.99. The molecule has 0 spiro atoms. The molecule has 0 radical (unpaired) electrons. The van der Waals surface area contributed by atoms with Gasteiger partial charge in [0.05, 0.1) is 0 Å². The number of halogens is 4. The molecule has 1 fully saturated rings. The molecular weight excluding hydrogens is 210 g/mol. The lowest BCUT2D eigenvalue weighted by Gasteiger charge is -2.04. The average molecular weight is 219 g/mol. The highest BCUT2D eigenvalue weighted by Crippen LogP contribution is 2.48. The first-order valence-electron chi connectivity index (χ1n) is 4.59. The van der Waals surface area contributed by atoms with E-state index in [1.54, 1.807) is 0 Å². The van der Waals surface area contributed by atoms with Gasteiger partial charge in [-0.1, -0.05) is 0 Å². The molecule has 0 aliphatic heterocycles. The van der Waals surface area contributed by atoms with Gasteiger partial charge in [-0.2, -0.15) is 0 Å². The van der Waals surface area contributed by atoms with E-state index in [9.17, 15) is 17.6 Å². The van der Waals surface area contributed by atoms with Crippen LogP contribution < -0.4 is 5.73 Å². The topological polar surface area (TPSA) is 26.0 Å². The van der Waals surface area contributed by atoms with Crippen molar-refractivity contribution in [3.05, 3.63) is 34.9 Å². The summed E-state index contributed by atoms with van der Waals surface area (Å²) >= 11 is 0.